The Balaban J connectivity index is 1.35. The van der Waals surface area contributed by atoms with E-state index >= 15 is 0 Å². The van der Waals surface area contributed by atoms with Crippen molar-refractivity contribution in [2.75, 3.05) is 5.32 Å². The van der Waals surface area contributed by atoms with Crippen molar-refractivity contribution in [3.63, 3.8) is 0 Å². The summed E-state index contributed by atoms with van der Waals surface area (Å²) in [6.45, 7) is 0. The summed E-state index contributed by atoms with van der Waals surface area (Å²) in [4.78, 5) is 20.6. The molecule has 1 unspecified atom stereocenters. The number of nitrogens with one attached hydrogen (secondary N) is 1. The topological polar surface area (TPSA) is 150 Å². The van der Waals surface area contributed by atoms with Crippen LogP contribution in [0.15, 0.2) is 51.4 Å². The zero-order valence-corrected chi connectivity index (χ0v) is 19.9. The molecule has 10 nitrogen and oxygen atoms in total. The number of sulfonamides is 1. The molecule has 2 aromatic rings. The summed E-state index contributed by atoms with van der Waals surface area (Å²) >= 11 is 1.57. The molecule has 2 saturated carbocycles. The van der Waals surface area contributed by atoms with Crippen molar-refractivity contribution >= 4 is 39.2 Å². The van der Waals surface area contributed by atoms with Gasteiger partial charge in [0.1, 0.15) is 12.4 Å². The van der Waals surface area contributed by atoms with Crippen LogP contribution in [0.2, 0.25) is 0 Å². The van der Waals surface area contributed by atoms with Gasteiger partial charge in [0.2, 0.25) is 0 Å². The van der Waals surface area contributed by atoms with Crippen molar-refractivity contribution in [3.8, 4) is 0 Å². The molecule has 0 radical (unpaired) electrons. The Morgan fingerprint density at radius 2 is 2.00 bits per heavy atom. The van der Waals surface area contributed by atoms with Gasteiger partial charge in [-0.15, -0.1) is 11.3 Å². The second-order valence-corrected chi connectivity index (χ2v) is 11.6. The zero-order chi connectivity index (χ0) is 23.7. The number of carbonyl (C=O) groups is 1. The highest BCUT2D eigenvalue weighted by molar-refractivity contribution is 7.91. The van der Waals surface area contributed by atoms with E-state index in [1.165, 1.54) is 12.5 Å². The van der Waals surface area contributed by atoms with E-state index in [2.05, 4.69) is 19.7 Å². The first-order valence-electron chi connectivity index (χ1n) is 11.2. The predicted octanol–water partition coefficient (Wildman–Crippen LogP) is 3.84. The van der Waals surface area contributed by atoms with E-state index in [0.717, 1.165) is 35.6 Å². The number of oxazole rings is 1. The van der Waals surface area contributed by atoms with Crippen LogP contribution in [0.5, 0.6) is 0 Å². The molecular weight excluding hydrogens is 478 g/mol. The highest BCUT2D eigenvalue weighted by atomic mass is 32.2. The van der Waals surface area contributed by atoms with Crippen molar-refractivity contribution in [2.24, 2.45) is 10.1 Å². The van der Waals surface area contributed by atoms with E-state index in [1.54, 1.807) is 23.6 Å². The number of allylic oxidation sites excluding steroid dienone is 3. The smallest absolute Gasteiger partial charge is 0.404 e. The van der Waals surface area contributed by atoms with Crippen molar-refractivity contribution < 1.29 is 22.4 Å². The van der Waals surface area contributed by atoms with Gasteiger partial charge in [0.15, 0.2) is 0 Å². The third kappa shape index (κ3) is 5.22. The number of nitrogens with two attached hydrogens (primary N) is 1. The van der Waals surface area contributed by atoms with Gasteiger partial charge in [-0.1, -0.05) is 6.08 Å². The third-order valence-electron chi connectivity index (χ3n) is 6.11. The largest absolute Gasteiger partial charge is 0.446 e. The monoisotopic (exact) mass is 503 g/mol. The maximum atomic E-state index is 12.7. The lowest BCUT2D eigenvalue weighted by Gasteiger charge is -2.26. The van der Waals surface area contributed by atoms with Crippen molar-refractivity contribution in [1.82, 2.24) is 9.97 Å². The van der Waals surface area contributed by atoms with Crippen LogP contribution >= 0.6 is 11.3 Å². The van der Waals surface area contributed by atoms with Gasteiger partial charge in [-0.2, -0.15) is 4.40 Å². The number of ether oxygens (including phenoxy) is 1. The van der Waals surface area contributed by atoms with Crippen molar-refractivity contribution in [2.45, 2.75) is 61.7 Å². The normalized spacial score (nSPS) is 26.3. The SMILES string of the molecule is NC(=O)OC1CCC(c2ncc(C3C=CC(Nc4ncco4)=CC3=NS(=O)(=O)C3CC3)s2)CC1. The number of carbonyl (C=O) groups excluding carboxylic acids is 1. The molecule has 0 spiro atoms. The number of thiazole rings is 1. The van der Waals surface area contributed by atoms with Gasteiger partial charge in [-0.3, -0.25) is 0 Å². The fraction of sp³-hybridized carbons (Fsp3) is 0.455. The first-order valence-corrected chi connectivity index (χ1v) is 13.5. The quantitative estimate of drug-likeness (QED) is 0.579. The molecule has 2 heterocycles. The molecular formula is C22H25N5O5S2. The number of nitrogens with zero attached hydrogens (tertiary/aromatic N) is 3. The summed E-state index contributed by atoms with van der Waals surface area (Å²) in [5.41, 5.74) is 6.21. The van der Waals surface area contributed by atoms with Crippen molar-refractivity contribution in [3.05, 3.63) is 52.5 Å². The van der Waals surface area contributed by atoms with Crippen LogP contribution < -0.4 is 11.1 Å². The van der Waals surface area contributed by atoms with Gasteiger partial charge in [0.05, 0.1) is 28.1 Å². The van der Waals surface area contributed by atoms with Crippen LogP contribution in [0, 0.1) is 0 Å². The Morgan fingerprint density at radius 1 is 1.21 bits per heavy atom. The van der Waals surface area contributed by atoms with Gasteiger partial charge < -0.3 is 20.2 Å². The summed E-state index contributed by atoms with van der Waals surface area (Å²) in [6.07, 6.45) is 13.9. The molecule has 3 N–H and O–H groups in total. The van der Waals surface area contributed by atoms with Crippen LogP contribution in [0.3, 0.4) is 0 Å². The molecule has 1 amide bonds. The minimum atomic E-state index is -3.57. The molecule has 0 bridgehead atoms. The summed E-state index contributed by atoms with van der Waals surface area (Å²) < 4.78 is 39.9. The highest BCUT2D eigenvalue weighted by Gasteiger charge is 2.37. The number of aromatic nitrogens is 2. The maximum Gasteiger partial charge on any atom is 0.404 e. The first kappa shape index (κ1) is 22.8. The lowest BCUT2D eigenvalue weighted by Crippen LogP contribution is -2.26. The highest BCUT2D eigenvalue weighted by Crippen LogP contribution is 2.39. The predicted molar refractivity (Wildman–Crippen MR) is 127 cm³/mol. The molecule has 180 valence electrons. The lowest BCUT2D eigenvalue weighted by atomic mass is 9.88. The summed E-state index contributed by atoms with van der Waals surface area (Å²) in [5, 5.41) is 3.64. The molecule has 34 heavy (non-hydrogen) atoms. The van der Waals surface area contributed by atoms with E-state index < -0.39 is 21.4 Å². The number of hydrogen-bond acceptors (Lipinski definition) is 9. The van der Waals surface area contributed by atoms with Crippen LogP contribution in [0.25, 0.3) is 0 Å². The Morgan fingerprint density at radius 3 is 2.68 bits per heavy atom. The van der Waals surface area contributed by atoms with Crippen LogP contribution in [0.4, 0.5) is 10.8 Å². The van der Waals surface area contributed by atoms with E-state index in [1.807, 2.05) is 12.2 Å². The van der Waals surface area contributed by atoms with Crippen molar-refractivity contribution in [1.29, 1.82) is 0 Å². The second-order valence-electron chi connectivity index (χ2n) is 8.64. The van der Waals surface area contributed by atoms with Gasteiger partial charge in [0, 0.05) is 22.7 Å². The van der Waals surface area contributed by atoms with E-state index in [9.17, 15) is 13.2 Å². The Bertz CT molecular complexity index is 1240. The van der Waals surface area contributed by atoms with Crippen LogP contribution in [-0.2, 0) is 14.8 Å². The number of anilines is 1. The van der Waals surface area contributed by atoms with E-state index in [0.29, 0.717) is 30.3 Å². The first-order chi connectivity index (χ1) is 16.4. The average molecular weight is 504 g/mol. The lowest BCUT2D eigenvalue weighted by molar-refractivity contribution is 0.0787. The Hall–Kier alpha value is -2.99. The minimum absolute atomic E-state index is 0.138. The van der Waals surface area contributed by atoms with Crippen LogP contribution in [0.1, 0.15) is 60.2 Å². The summed E-state index contributed by atoms with van der Waals surface area (Å²) in [5.74, 6) is -0.0446. The molecule has 0 aliphatic heterocycles. The Labute approximate surface area is 201 Å². The summed E-state index contributed by atoms with van der Waals surface area (Å²) in [7, 11) is -3.57. The molecule has 2 fully saturated rings. The van der Waals surface area contributed by atoms with Gasteiger partial charge in [0.25, 0.3) is 16.0 Å². The number of primary amides is 1. The van der Waals surface area contributed by atoms with Gasteiger partial charge in [-0.25, -0.2) is 23.2 Å². The van der Waals surface area contributed by atoms with Gasteiger partial charge >= 0.3 is 6.09 Å². The number of hydrogen-bond donors (Lipinski definition) is 2. The molecule has 12 heteroatoms. The van der Waals surface area contributed by atoms with E-state index in [4.69, 9.17) is 14.9 Å². The van der Waals surface area contributed by atoms with Gasteiger partial charge in [-0.05, 0) is 50.7 Å². The minimum Gasteiger partial charge on any atom is -0.446 e. The van der Waals surface area contributed by atoms with Crippen LogP contribution in [-0.4, -0.2) is 41.5 Å². The summed E-state index contributed by atoms with van der Waals surface area (Å²) in [6, 6.07) is 0.315. The fourth-order valence-electron chi connectivity index (χ4n) is 4.22. The molecule has 3 aliphatic rings. The number of rotatable bonds is 7. The Kier molecular flexibility index (Phi) is 6.26. The molecule has 0 saturated heterocycles. The fourth-order valence-corrected chi connectivity index (χ4v) is 6.74. The molecule has 1 atom stereocenters. The van der Waals surface area contributed by atoms with E-state index in [-0.39, 0.29) is 17.9 Å². The molecule has 5 rings (SSSR count). The molecule has 3 aliphatic carbocycles. The molecule has 2 aromatic heterocycles. The number of amides is 1. The standard InChI is InChI=1S/C22H25N5O5S2/c23-21(28)32-15-4-1-13(2-5-15)20-25-12-19(33-20)17-8-3-14(26-22-24-9-10-31-22)11-18(17)27-34(29,30)16-6-7-16/h3,8-13,15-17H,1-2,4-7H2,(H2,23,28)(H,24,26). The molecule has 0 aromatic carbocycles. The average Bonchev–Trinajstić information content (AvgIpc) is 3.35. The maximum absolute atomic E-state index is 12.7. The second kappa shape index (κ2) is 9.34. The zero-order valence-electron chi connectivity index (χ0n) is 18.3. The third-order valence-corrected chi connectivity index (χ3v) is 9.13.